The van der Waals surface area contributed by atoms with Crippen LogP contribution in [0.4, 0.5) is 11.4 Å². The lowest BCUT2D eigenvalue weighted by atomic mass is 10.1. The molecule has 178 valence electrons. The minimum atomic E-state index is -4.10. The fourth-order valence-corrected chi connectivity index (χ4v) is 5.72. The van der Waals surface area contributed by atoms with E-state index in [-0.39, 0.29) is 22.0 Å². The van der Waals surface area contributed by atoms with Gasteiger partial charge in [-0.2, -0.15) is 0 Å². The lowest BCUT2D eigenvalue weighted by Crippen LogP contribution is -2.31. The zero-order valence-electron chi connectivity index (χ0n) is 19.2. The van der Waals surface area contributed by atoms with E-state index in [1.165, 1.54) is 22.5 Å². The second-order valence-electron chi connectivity index (χ2n) is 7.94. The van der Waals surface area contributed by atoms with Crippen LogP contribution >= 0.6 is 11.6 Å². The second-order valence-corrected chi connectivity index (χ2v) is 10.2. The van der Waals surface area contributed by atoms with Crippen molar-refractivity contribution in [1.82, 2.24) is 0 Å². The highest BCUT2D eigenvalue weighted by Gasteiger charge is 2.28. The van der Waals surface area contributed by atoms with Gasteiger partial charge in [0.05, 0.1) is 17.3 Å². The summed E-state index contributed by atoms with van der Waals surface area (Å²) in [4.78, 5) is 12.9. The van der Waals surface area contributed by atoms with Gasteiger partial charge in [-0.3, -0.25) is 9.10 Å². The van der Waals surface area contributed by atoms with E-state index in [1.807, 2.05) is 67.6 Å². The summed E-state index contributed by atoms with van der Waals surface area (Å²) < 4.78 is 29.1. The lowest BCUT2D eigenvalue weighted by molar-refractivity contribution is 0.102. The average Bonchev–Trinajstić information content (AvgIpc) is 2.88. The first-order chi connectivity index (χ1) is 16.9. The quantitative estimate of drug-likeness (QED) is 0.296. The van der Waals surface area contributed by atoms with E-state index >= 15 is 0 Å². The van der Waals surface area contributed by atoms with Crippen molar-refractivity contribution in [1.29, 1.82) is 0 Å². The summed E-state index contributed by atoms with van der Waals surface area (Å²) in [6.45, 7) is 2.12. The highest BCUT2D eigenvalue weighted by Crippen LogP contribution is 2.31. The molecule has 7 heteroatoms. The van der Waals surface area contributed by atoms with Crippen molar-refractivity contribution in [3.8, 4) is 0 Å². The van der Waals surface area contributed by atoms with Gasteiger partial charge in [-0.1, -0.05) is 85.3 Å². The van der Waals surface area contributed by atoms with Crippen LogP contribution in [0.3, 0.4) is 0 Å². The second kappa shape index (κ2) is 10.8. The Balaban J connectivity index is 1.72. The number of rotatable bonds is 8. The molecule has 5 nitrogen and oxygen atoms in total. The van der Waals surface area contributed by atoms with Crippen LogP contribution in [-0.4, -0.2) is 14.3 Å². The van der Waals surface area contributed by atoms with Gasteiger partial charge in [0.15, 0.2) is 0 Å². The fraction of sp³-hybridized carbons (Fsp3) is 0.107. The SMILES string of the molecule is CCc1ccccc1NC(=O)c1ccc(Cl)c(S(=O)(=O)N(Cc2ccccc2)c2ccccc2)c1. The first-order valence-corrected chi connectivity index (χ1v) is 13.0. The van der Waals surface area contributed by atoms with Crippen molar-refractivity contribution in [2.75, 3.05) is 9.62 Å². The third-order valence-corrected chi connectivity index (χ3v) is 7.88. The molecule has 4 aromatic rings. The molecule has 4 aromatic carbocycles. The van der Waals surface area contributed by atoms with Crippen molar-refractivity contribution in [2.45, 2.75) is 24.8 Å². The number of amides is 1. The summed E-state index contributed by atoms with van der Waals surface area (Å²) in [5.41, 5.74) is 3.20. The Hall–Kier alpha value is -3.61. The van der Waals surface area contributed by atoms with Gasteiger partial charge in [-0.05, 0) is 53.9 Å². The molecular formula is C28H25ClN2O3S. The lowest BCUT2D eigenvalue weighted by Gasteiger charge is -2.25. The minimum absolute atomic E-state index is 0.0458. The molecule has 35 heavy (non-hydrogen) atoms. The predicted molar refractivity (Wildman–Crippen MR) is 141 cm³/mol. The number of hydrogen-bond acceptors (Lipinski definition) is 3. The number of anilines is 2. The van der Waals surface area contributed by atoms with E-state index in [2.05, 4.69) is 5.32 Å². The van der Waals surface area contributed by atoms with Crippen LogP contribution in [-0.2, 0) is 23.0 Å². The number of carbonyl (C=O) groups excluding carboxylic acids is 1. The molecule has 0 aliphatic heterocycles. The minimum Gasteiger partial charge on any atom is -0.322 e. The molecule has 0 heterocycles. The topological polar surface area (TPSA) is 66.5 Å². The first-order valence-electron chi connectivity index (χ1n) is 11.2. The molecule has 1 amide bonds. The Labute approximate surface area is 211 Å². The molecule has 0 atom stereocenters. The third kappa shape index (κ3) is 5.56. The smallest absolute Gasteiger partial charge is 0.266 e. The zero-order valence-corrected chi connectivity index (χ0v) is 20.8. The Morgan fingerprint density at radius 2 is 1.49 bits per heavy atom. The molecule has 0 bridgehead atoms. The van der Waals surface area contributed by atoms with Gasteiger partial charge in [-0.15, -0.1) is 0 Å². The van der Waals surface area contributed by atoms with Crippen LogP contribution in [0, 0.1) is 0 Å². The maximum absolute atomic E-state index is 13.9. The first kappa shape index (κ1) is 24.5. The average molecular weight is 505 g/mol. The van der Waals surface area contributed by atoms with E-state index in [9.17, 15) is 13.2 Å². The van der Waals surface area contributed by atoms with E-state index in [0.29, 0.717) is 11.4 Å². The Bertz CT molecular complexity index is 1430. The number of benzene rings is 4. The monoisotopic (exact) mass is 504 g/mol. The van der Waals surface area contributed by atoms with Gasteiger partial charge >= 0.3 is 0 Å². The molecule has 0 unspecified atom stereocenters. The van der Waals surface area contributed by atoms with Crippen LogP contribution in [0.5, 0.6) is 0 Å². The van der Waals surface area contributed by atoms with Crippen LogP contribution in [0.15, 0.2) is 108 Å². The molecule has 0 fully saturated rings. The summed E-state index contributed by atoms with van der Waals surface area (Å²) in [6.07, 6.45) is 0.752. The van der Waals surface area contributed by atoms with Gasteiger partial charge in [0, 0.05) is 11.3 Å². The number of halogens is 1. The van der Waals surface area contributed by atoms with Crippen molar-refractivity contribution in [3.63, 3.8) is 0 Å². The molecule has 4 rings (SSSR count). The van der Waals surface area contributed by atoms with E-state index in [1.54, 1.807) is 24.3 Å². The van der Waals surface area contributed by atoms with Crippen LogP contribution in [0.2, 0.25) is 5.02 Å². The number of carbonyl (C=O) groups is 1. The largest absolute Gasteiger partial charge is 0.322 e. The Morgan fingerprint density at radius 3 is 2.17 bits per heavy atom. The van der Waals surface area contributed by atoms with Crippen molar-refractivity contribution in [3.05, 3.63) is 125 Å². The number of nitrogens with one attached hydrogen (secondary N) is 1. The maximum Gasteiger partial charge on any atom is 0.266 e. The van der Waals surface area contributed by atoms with Gasteiger partial charge in [0.25, 0.3) is 15.9 Å². The van der Waals surface area contributed by atoms with Crippen LogP contribution in [0.25, 0.3) is 0 Å². The van der Waals surface area contributed by atoms with E-state index < -0.39 is 15.9 Å². The Morgan fingerprint density at radius 1 is 0.857 bits per heavy atom. The Kier molecular flexibility index (Phi) is 7.54. The van der Waals surface area contributed by atoms with Gasteiger partial charge in [0.1, 0.15) is 4.90 Å². The van der Waals surface area contributed by atoms with Gasteiger partial charge < -0.3 is 5.32 Å². The fourth-order valence-electron chi connectivity index (χ4n) is 3.76. The molecular weight excluding hydrogens is 480 g/mol. The number of hydrogen-bond donors (Lipinski definition) is 1. The number of nitrogens with zero attached hydrogens (tertiary/aromatic N) is 1. The standard InChI is InChI=1S/C28H25ClN2O3S/c1-2-22-13-9-10-16-26(22)30-28(32)23-17-18-25(29)27(19-23)35(33,34)31(24-14-7-4-8-15-24)20-21-11-5-3-6-12-21/h3-19H,2,20H2,1H3,(H,30,32). The summed E-state index contributed by atoms with van der Waals surface area (Å²) in [6, 6.07) is 30.0. The summed E-state index contributed by atoms with van der Waals surface area (Å²) >= 11 is 6.39. The normalized spacial score (nSPS) is 11.1. The van der Waals surface area contributed by atoms with Gasteiger partial charge in [-0.25, -0.2) is 8.42 Å². The predicted octanol–water partition coefficient (Wildman–Crippen LogP) is 6.55. The molecule has 0 aliphatic rings. The van der Waals surface area contributed by atoms with Gasteiger partial charge in [0.2, 0.25) is 0 Å². The molecule has 0 aliphatic carbocycles. The van der Waals surface area contributed by atoms with Crippen LogP contribution < -0.4 is 9.62 Å². The molecule has 0 radical (unpaired) electrons. The number of para-hydroxylation sites is 2. The zero-order chi connectivity index (χ0) is 24.8. The maximum atomic E-state index is 13.9. The summed E-state index contributed by atoms with van der Waals surface area (Å²) in [5, 5.41) is 2.93. The third-order valence-electron chi connectivity index (χ3n) is 5.62. The highest BCUT2D eigenvalue weighted by molar-refractivity contribution is 7.93. The van der Waals surface area contributed by atoms with E-state index in [0.717, 1.165) is 17.5 Å². The van der Waals surface area contributed by atoms with Crippen LogP contribution in [0.1, 0.15) is 28.4 Å². The summed E-state index contributed by atoms with van der Waals surface area (Å²) in [7, 11) is -4.10. The highest BCUT2D eigenvalue weighted by atomic mass is 35.5. The van der Waals surface area contributed by atoms with Crippen molar-refractivity contribution < 1.29 is 13.2 Å². The van der Waals surface area contributed by atoms with Crippen molar-refractivity contribution >= 4 is 38.9 Å². The molecule has 0 saturated heterocycles. The van der Waals surface area contributed by atoms with Crippen molar-refractivity contribution in [2.24, 2.45) is 0 Å². The molecule has 1 N–H and O–H groups in total. The molecule has 0 saturated carbocycles. The molecule has 0 spiro atoms. The summed E-state index contributed by atoms with van der Waals surface area (Å²) in [5.74, 6) is -0.409. The number of sulfonamides is 1. The van der Waals surface area contributed by atoms with E-state index in [4.69, 9.17) is 11.6 Å². The number of aryl methyl sites for hydroxylation is 1. The molecule has 0 aromatic heterocycles.